The number of benzene rings is 1. The molecule has 1 atom stereocenters. The molecule has 0 aliphatic rings. The average Bonchev–Trinajstić information content (AvgIpc) is 2.65. The molecule has 2 nitrogen and oxygen atoms in total. The van der Waals surface area contributed by atoms with Crippen LogP contribution in [-0.2, 0) is 0 Å². The van der Waals surface area contributed by atoms with Crippen molar-refractivity contribution in [3.63, 3.8) is 0 Å². The summed E-state index contributed by atoms with van der Waals surface area (Å²) in [4.78, 5) is 12.0. The Bertz CT molecular complexity index is 612. The maximum absolute atomic E-state index is 12.0. The minimum Gasteiger partial charge on any atom is -0.318 e. The molecule has 1 aromatic heterocycles. The number of carbonyl (C=O) groups excluding carboxylic acids is 1. The molecule has 4 heteroatoms. The number of aromatic nitrogens is 1. The highest BCUT2D eigenvalue weighted by atomic mass is 35.5. The molecule has 1 unspecified atom stereocenters. The highest BCUT2D eigenvalue weighted by Gasteiger charge is 2.19. The zero-order chi connectivity index (χ0) is 14.2. The maximum Gasteiger partial charge on any atom is 0.182 e. The fourth-order valence-corrected chi connectivity index (χ4v) is 2.46. The largest absolute Gasteiger partial charge is 0.318 e. The molecule has 0 N–H and O–H groups in total. The van der Waals surface area contributed by atoms with E-state index in [-0.39, 0.29) is 5.78 Å². The normalized spacial score (nSPS) is 12.5. The number of Topliss-reactive ketones (excluding diaryl/α,β-unsaturated/α-hetero) is 1. The zero-order valence-electron chi connectivity index (χ0n) is 11.1. The highest BCUT2D eigenvalue weighted by Crippen LogP contribution is 2.23. The Hall–Kier alpha value is -1.25. The maximum atomic E-state index is 12.0. The molecule has 0 spiro atoms. The van der Waals surface area contributed by atoms with Crippen molar-refractivity contribution in [1.29, 1.82) is 0 Å². The number of ketones is 1. The van der Waals surface area contributed by atoms with E-state index < -0.39 is 5.38 Å². The van der Waals surface area contributed by atoms with Gasteiger partial charge in [0.05, 0.1) is 5.38 Å². The van der Waals surface area contributed by atoms with Gasteiger partial charge >= 0.3 is 0 Å². The summed E-state index contributed by atoms with van der Waals surface area (Å²) in [7, 11) is 0. The van der Waals surface area contributed by atoms with E-state index in [2.05, 4.69) is 0 Å². The van der Waals surface area contributed by atoms with Crippen molar-refractivity contribution in [2.75, 3.05) is 0 Å². The summed E-state index contributed by atoms with van der Waals surface area (Å²) >= 11 is 11.8. The van der Waals surface area contributed by atoms with Crippen molar-refractivity contribution in [3.05, 3.63) is 52.3 Å². The van der Waals surface area contributed by atoms with E-state index in [1.807, 2.05) is 48.7 Å². The van der Waals surface area contributed by atoms with Gasteiger partial charge < -0.3 is 4.57 Å². The summed E-state index contributed by atoms with van der Waals surface area (Å²) in [6.07, 6.45) is 0. The van der Waals surface area contributed by atoms with Crippen LogP contribution in [0.2, 0.25) is 5.02 Å². The van der Waals surface area contributed by atoms with Crippen LogP contribution in [0.1, 0.15) is 28.7 Å². The molecule has 0 fully saturated rings. The van der Waals surface area contributed by atoms with Gasteiger partial charge in [-0.3, -0.25) is 4.79 Å². The smallest absolute Gasteiger partial charge is 0.182 e. The van der Waals surface area contributed by atoms with Crippen molar-refractivity contribution >= 4 is 29.0 Å². The summed E-state index contributed by atoms with van der Waals surface area (Å²) in [5, 5.41) is 0.177. The average molecular weight is 296 g/mol. The van der Waals surface area contributed by atoms with Gasteiger partial charge in [0.25, 0.3) is 0 Å². The molecular formula is C15H15Cl2NO. The second-order valence-corrected chi connectivity index (χ2v) is 5.67. The monoisotopic (exact) mass is 295 g/mol. The standard InChI is InChI=1S/C15H15Cl2NO/c1-9-8-14(15(19)10(2)16)11(3)18(9)13-6-4-12(17)5-7-13/h4-8,10H,1-3H3. The van der Waals surface area contributed by atoms with Crippen molar-refractivity contribution < 1.29 is 4.79 Å². The summed E-state index contributed by atoms with van der Waals surface area (Å²) in [5.74, 6) is -0.0463. The van der Waals surface area contributed by atoms with Crippen LogP contribution in [0.5, 0.6) is 0 Å². The lowest BCUT2D eigenvalue weighted by molar-refractivity contribution is 0.0991. The van der Waals surface area contributed by atoms with Gasteiger partial charge in [-0.1, -0.05) is 11.6 Å². The van der Waals surface area contributed by atoms with Gasteiger partial charge in [-0.15, -0.1) is 11.6 Å². The van der Waals surface area contributed by atoms with Crippen LogP contribution in [0.15, 0.2) is 30.3 Å². The SMILES string of the molecule is Cc1cc(C(=O)C(C)Cl)c(C)n1-c1ccc(Cl)cc1. The van der Waals surface area contributed by atoms with Gasteiger partial charge in [0.15, 0.2) is 5.78 Å². The van der Waals surface area contributed by atoms with Gasteiger partial charge in [0.2, 0.25) is 0 Å². The Morgan fingerprint density at radius 1 is 1.21 bits per heavy atom. The van der Waals surface area contributed by atoms with Crippen LogP contribution in [-0.4, -0.2) is 15.7 Å². The lowest BCUT2D eigenvalue weighted by atomic mass is 10.1. The number of rotatable bonds is 3. The van der Waals surface area contributed by atoms with E-state index in [9.17, 15) is 4.79 Å². The van der Waals surface area contributed by atoms with E-state index in [1.165, 1.54) is 0 Å². The Morgan fingerprint density at radius 2 is 1.79 bits per heavy atom. The molecule has 0 saturated heterocycles. The Balaban J connectivity index is 2.54. The number of nitrogens with zero attached hydrogens (tertiary/aromatic N) is 1. The van der Waals surface area contributed by atoms with Crippen LogP contribution < -0.4 is 0 Å². The van der Waals surface area contributed by atoms with E-state index in [0.29, 0.717) is 10.6 Å². The van der Waals surface area contributed by atoms with Crippen LogP contribution >= 0.6 is 23.2 Å². The molecule has 0 bridgehead atoms. The second kappa shape index (κ2) is 5.40. The first kappa shape index (κ1) is 14.2. The Kier molecular flexibility index (Phi) is 4.02. The molecule has 0 amide bonds. The van der Waals surface area contributed by atoms with Gasteiger partial charge in [0.1, 0.15) is 0 Å². The third-order valence-electron chi connectivity index (χ3n) is 3.14. The molecule has 0 radical (unpaired) electrons. The van der Waals surface area contributed by atoms with Crippen molar-refractivity contribution in [1.82, 2.24) is 4.57 Å². The van der Waals surface area contributed by atoms with Crippen molar-refractivity contribution in [3.8, 4) is 5.69 Å². The summed E-state index contributed by atoms with van der Waals surface area (Å²) in [5.41, 5.74) is 3.56. The Labute approximate surface area is 123 Å². The molecule has 2 aromatic rings. The van der Waals surface area contributed by atoms with Gasteiger partial charge in [-0.05, 0) is 51.1 Å². The van der Waals surface area contributed by atoms with E-state index in [0.717, 1.165) is 17.1 Å². The van der Waals surface area contributed by atoms with Gasteiger partial charge in [0, 0.05) is 27.7 Å². The molecule has 19 heavy (non-hydrogen) atoms. The first-order valence-corrected chi connectivity index (χ1v) is 6.86. The predicted molar refractivity (Wildman–Crippen MR) is 79.9 cm³/mol. The Morgan fingerprint density at radius 3 is 2.32 bits per heavy atom. The van der Waals surface area contributed by atoms with Crippen molar-refractivity contribution in [2.45, 2.75) is 26.1 Å². The number of aryl methyl sites for hydroxylation is 1. The number of carbonyl (C=O) groups is 1. The minimum absolute atomic E-state index is 0.0463. The fourth-order valence-electron chi connectivity index (χ4n) is 2.21. The predicted octanol–water partition coefficient (Wildman–Crippen LogP) is 4.56. The van der Waals surface area contributed by atoms with E-state index in [1.54, 1.807) is 6.92 Å². The number of hydrogen-bond acceptors (Lipinski definition) is 1. The zero-order valence-corrected chi connectivity index (χ0v) is 12.6. The highest BCUT2D eigenvalue weighted by molar-refractivity contribution is 6.33. The van der Waals surface area contributed by atoms with Crippen LogP contribution in [0, 0.1) is 13.8 Å². The lowest BCUT2D eigenvalue weighted by Gasteiger charge is -2.10. The van der Waals surface area contributed by atoms with Crippen molar-refractivity contribution in [2.24, 2.45) is 0 Å². The number of hydrogen-bond donors (Lipinski definition) is 0. The second-order valence-electron chi connectivity index (χ2n) is 4.58. The molecule has 1 heterocycles. The number of halogens is 2. The summed E-state index contributed by atoms with van der Waals surface area (Å²) in [6.45, 7) is 5.59. The molecular weight excluding hydrogens is 281 g/mol. The van der Waals surface area contributed by atoms with Crippen LogP contribution in [0.4, 0.5) is 0 Å². The van der Waals surface area contributed by atoms with Crippen LogP contribution in [0.3, 0.4) is 0 Å². The molecule has 2 rings (SSSR count). The molecule has 0 saturated carbocycles. The molecule has 0 aliphatic heterocycles. The topological polar surface area (TPSA) is 22.0 Å². The summed E-state index contributed by atoms with van der Waals surface area (Å²) < 4.78 is 2.03. The first-order valence-electron chi connectivity index (χ1n) is 6.05. The lowest BCUT2D eigenvalue weighted by Crippen LogP contribution is -2.11. The van der Waals surface area contributed by atoms with Gasteiger partial charge in [-0.2, -0.15) is 0 Å². The third kappa shape index (κ3) is 2.70. The molecule has 100 valence electrons. The van der Waals surface area contributed by atoms with E-state index in [4.69, 9.17) is 23.2 Å². The summed E-state index contributed by atoms with van der Waals surface area (Å²) in [6, 6.07) is 9.41. The quantitative estimate of drug-likeness (QED) is 0.601. The minimum atomic E-state index is -0.515. The molecule has 1 aromatic carbocycles. The molecule has 0 aliphatic carbocycles. The van der Waals surface area contributed by atoms with Crippen LogP contribution in [0.25, 0.3) is 5.69 Å². The number of alkyl halides is 1. The first-order chi connectivity index (χ1) is 8.91. The third-order valence-corrected chi connectivity index (χ3v) is 3.59. The fraction of sp³-hybridized carbons (Fsp3) is 0.267. The van der Waals surface area contributed by atoms with Gasteiger partial charge in [-0.25, -0.2) is 0 Å². The van der Waals surface area contributed by atoms with E-state index >= 15 is 0 Å².